The molecule has 0 saturated carbocycles. The highest BCUT2D eigenvalue weighted by Gasteiger charge is 2.18. The first-order valence-electron chi connectivity index (χ1n) is 18.7. The summed E-state index contributed by atoms with van der Waals surface area (Å²) >= 11 is 0. The van der Waals surface area contributed by atoms with Crippen LogP contribution < -0.4 is 0 Å². The molecule has 5 heteroatoms. The predicted octanol–water partition coefficient (Wildman–Crippen LogP) is 13.7. The molecular weight excluding hydrogens is 687 g/mol. The Morgan fingerprint density at radius 1 is 0.268 bits per heavy atom. The highest BCUT2D eigenvalue weighted by Crippen LogP contribution is 2.42. The van der Waals surface area contributed by atoms with Gasteiger partial charge < -0.3 is 8.83 Å². The molecule has 11 rings (SSSR count). The van der Waals surface area contributed by atoms with Crippen LogP contribution in [0.1, 0.15) is 0 Å². The van der Waals surface area contributed by atoms with E-state index in [0.29, 0.717) is 17.5 Å². The molecule has 0 N–H and O–H groups in total. The minimum atomic E-state index is 0.582. The van der Waals surface area contributed by atoms with Gasteiger partial charge in [0.1, 0.15) is 22.3 Å². The fourth-order valence-electron chi connectivity index (χ4n) is 7.85. The van der Waals surface area contributed by atoms with E-state index in [0.717, 1.165) is 93.9 Å². The van der Waals surface area contributed by atoms with E-state index >= 15 is 0 Å². The highest BCUT2D eigenvalue weighted by atomic mass is 16.3. The maximum atomic E-state index is 6.64. The highest BCUT2D eigenvalue weighted by molar-refractivity contribution is 6.14. The van der Waals surface area contributed by atoms with Crippen molar-refractivity contribution in [3.8, 4) is 67.5 Å². The molecule has 8 aromatic carbocycles. The van der Waals surface area contributed by atoms with Gasteiger partial charge in [-0.25, -0.2) is 15.0 Å². The number of benzene rings is 8. The van der Waals surface area contributed by atoms with Crippen molar-refractivity contribution in [2.45, 2.75) is 0 Å². The topological polar surface area (TPSA) is 65.0 Å². The number of para-hydroxylation sites is 1. The van der Waals surface area contributed by atoms with E-state index < -0.39 is 0 Å². The van der Waals surface area contributed by atoms with Crippen molar-refractivity contribution < 1.29 is 8.83 Å². The van der Waals surface area contributed by atoms with Gasteiger partial charge in [0, 0.05) is 38.2 Å². The molecule has 0 aliphatic heterocycles. The van der Waals surface area contributed by atoms with Gasteiger partial charge in [-0.15, -0.1) is 0 Å². The van der Waals surface area contributed by atoms with Gasteiger partial charge in [0.25, 0.3) is 0 Å². The van der Waals surface area contributed by atoms with E-state index in [9.17, 15) is 0 Å². The van der Waals surface area contributed by atoms with Gasteiger partial charge in [0.15, 0.2) is 17.5 Å². The second-order valence-corrected chi connectivity index (χ2v) is 14.0. The molecule has 0 saturated heterocycles. The normalized spacial score (nSPS) is 11.6. The van der Waals surface area contributed by atoms with Crippen molar-refractivity contribution in [1.82, 2.24) is 15.0 Å². The number of hydrogen-bond acceptors (Lipinski definition) is 5. The van der Waals surface area contributed by atoms with Crippen molar-refractivity contribution in [2.75, 3.05) is 0 Å². The number of rotatable bonds is 6. The zero-order valence-corrected chi connectivity index (χ0v) is 30.1. The summed E-state index contributed by atoms with van der Waals surface area (Å²) in [6, 6.07) is 64.6. The molecule has 5 nitrogen and oxygen atoms in total. The van der Waals surface area contributed by atoms with Gasteiger partial charge in [0.2, 0.25) is 0 Å². The van der Waals surface area contributed by atoms with E-state index in [2.05, 4.69) is 127 Å². The Balaban J connectivity index is 0.999. The van der Waals surface area contributed by atoms with Crippen molar-refractivity contribution in [3.63, 3.8) is 0 Å². The Morgan fingerprint density at radius 2 is 0.732 bits per heavy atom. The van der Waals surface area contributed by atoms with E-state index in [4.69, 9.17) is 23.8 Å². The third-order valence-electron chi connectivity index (χ3n) is 10.6. The lowest BCUT2D eigenvalue weighted by Gasteiger charge is -2.11. The minimum absolute atomic E-state index is 0.582. The summed E-state index contributed by atoms with van der Waals surface area (Å²) in [7, 11) is 0. The van der Waals surface area contributed by atoms with E-state index in [1.807, 2.05) is 60.7 Å². The fourth-order valence-corrected chi connectivity index (χ4v) is 7.85. The summed E-state index contributed by atoms with van der Waals surface area (Å²) in [5.74, 6) is 1.81. The molecule has 3 aromatic heterocycles. The molecule has 11 aromatic rings. The first-order chi connectivity index (χ1) is 27.7. The largest absolute Gasteiger partial charge is 0.456 e. The second kappa shape index (κ2) is 13.0. The van der Waals surface area contributed by atoms with Gasteiger partial charge in [-0.3, -0.25) is 0 Å². The molecule has 0 amide bonds. The lowest BCUT2D eigenvalue weighted by Crippen LogP contribution is -2.00. The predicted molar refractivity (Wildman–Crippen MR) is 227 cm³/mol. The zero-order chi connectivity index (χ0) is 37.0. The van der Waals surface area contributed by atoms with E-state index in [1.165, 1.54) is 0 Å². The first-order valence-corrected chi connectivity index (χ1v) is 18.7. The molecule has 0 bridgehead atoms. The zero-order valence-electron chi connectivity index (χ0n) is 30.1. The summed E-state index contributed by atoms with van der Waals surface area (Å²) in [4.78, 5) is 14.9. The lowest BCUT2D eigenvalue weighted by atomic mass is 9.91. The Hall–Kier alpha value is -7.63. The van der Waals surface area contributed by atoms with Crippen LogP contribution in [-0.4, -0.2) is 15.0 Å². The average Bonchev–Trinajstić information content (AvgIpc) is 3.85. The molecule has 262 valence electrons. The van der Waals surface area contributed by atoms with Crippen LogP contribution in [0.2, 0.25) is 0 Å². The van der Waals surface area contributed by atoms with Gasteiger partial charge in [-0.1, -0.05) is 152 Å². The molecule has 3 heterocycles. The SMILES string of the molecule is c1ccc(-c2ccc(-c3nc(-c4ccccc4)nc(-c4ccc5c(c4)oc4cc(-c6ccccc6-c6cccc7oc8ccccc8c67)ccc45)n3)cc2)cc1. The summed E-state index contributed by atoms with van der Waals surface area (Å²) in [5.41, 5.74) is 12.8. The molecule has 0 aliphatic rings. The van der Waals surface area contributed by atoms with Crippen molar-refractivity contribution in [3.05, 3.63) is 188 Å². The van der Waals surface area contributed by atoms with Crippen molar-refractivity contribution in [2.24, 2.45) is 0 Å². The molecule has 0 spiro atoms. The van der Waals surface area contributed by atoms with Crippen LogP contribution in [0.3, 0.4) is 0 Å². The van der Waals surface area contributed by atoms with Gasteiger partial charge in [-0.05, 0) is 69.8 Å². The maximum Gasteiger partial charge on any atom is 0.164 e. The third-order valence-corrected chi connectivity index (χ3v) is 10.6. The lowest BCUT2D eigenvalue weighted by molar-refractivity contribution is 0.668. The molecule has 0 radical (unpaired) electrons. The Labute approximate surface area is 322 Å². The summed E-state index contributed by atoms with van der Waals surface area (Å²) < 4.78 is 12.9. The summed E-state index contributed by atoms with van der Waals surface area (Å²) in [6.45, 7) is 0. The van der Waals surface area contributed by atoms with Crippen LogP contribution in [0.15, 0.2) is 197 Å². The molecule has 0 fully saturated rings. The van der Waals surface area contributed by atoms with Crippen LogP contribution in [0.5, 0.6) is 0 Å². The van der Waals surface area contributed by atoms with E-state index in [1.54, 1.807) is 0 Å². The second-order valence-electron chi connectivity index (χ2n) is 14.0. The van der Waals surface area contributed by atoms with Crippen molar-refractivity contribution >= 4 is 43.9 Å². The average molecular weight is 718 g/mol. The van der Waals surface area contributed by atoms with Crippen LogP contribution in [-0.2, 0) is 0 Å². The Bertz CT molecular complexity index is 3240. The number of nitrogens with zero attached hydrogens (tertiary/aromatic N) is 3. The maximum absolute atomic E-state index is 6.64. The number of fused-ring (bicyclic) bond motifs is 6. The van der Waals surface area contributed by atoms with Gasteiger partial charge in [0.05, 0.1) is 0 Å². The van der Waals surface area contributed by atoms with Crippen LogP contribution in [0.4, 0.5) is 0 Å². The van der Waals surface area contributed by atoms with Crippen LogP contribution in [0, 0.1) is 0 Å². The standard InChI is InChI=1S/C51H31N3O2/c1-3-12-32(13-4-1)33-22-24-35(25-23-33)50-52-49(34-14-5-2-6-15-34)53-51(54-50)37-27-29-41-40-28-26-36(30-46(40)56-47(41)31-37)38-16-7-8-17-39(38)42-19-11-21-45-48(42)43-18-9-10-20-44(43)55-45/h1-31H. The minimum Gasteiger partial charge on any atom is -0.456 e. The third kappa shape index (κ3) is 5.45. The van der Waals surface area contributed by atoms with Crippen LogP contribution >= 0.6 is 0 Å². The molecule has 0 unspecified atom stereocenters. The fraction of sp³-hybridized carbons (Fsp3) is 0. The Kier molecular flexibility index (Phi) is 7.42. The van der Waals surface area contributed by atoms with Gasteiger partial charge in [-0.2, -0.15) is 0 Å². The van der Waals surface area contributed by atoms with Crippen molar-refractivity contribution in [1.29, 1.82) is 0 Å². The quantitative estimate of drug-likeness (QED) is 0.171. The van der Waals surface area contributed by atoms with E-state index in [-0.39, 0.29) is 0 Å². The summed E-state index contributed by atoms with van der Waals surface area (Å²) in [6.07, 6.45) is 0. The van der Waals surface area contributed by atoms with Gasteiger partial charge >= 0.3 is 0 Å². The monoisotopic (exact) mass is 717 g/mol. The Morgan fingerprint density at radius 3 is 1.46 bits per heavy atom. The number of furan rings is 2. The number of aromatic nitrogens is 3. The molecule has 0 atom stereocenters. The first kappa shape index (κ1) is 31.9. The molecular formula is C51H31N3O2. The molecule has 0 aliphatic carbocycles. The van der Waals surface area contributed by atoms with Crippen LogP contribution in [0.25, 0.3) is 111 Å². The smallest absolute Gasteiger partial charge is 0.164 e. The number of hydrogen-bond donors (Lipinski definition) is 0. The molecule has 56 heavy (non-hydrogen) atoms. The summed E-state index contributed by atoms with van der Waals surface area (Å²) in [5, 5.41) is 4.32.